The Morgan fingerprint density at radius 1 is 1.10 bits per heavy atom. The van der Waals surface area contributed by atoms with Crippen LogP contribution in [0, 0.1) is 5.95 Å². The molecular formula is C13H8F4N2O. The number of nitrogens with one attached hydrogen (secondary N) is 1. The molecule has 3 nitrogen and oxygen atoms in total. The summed E-state index contributed by atoms with van der Waals surface area (Å²) in [6.07, 6.45) is -3.31. The van der Waals surface area contributed by atoms with E-state index in [0.717, 1.165) is 36.5 Å². The maximum atomic E-state index is 12.8. The van der Waals surface area contributed by atoms with E-state index < -0.39 is 23.6 Å². The summed E-state index contributed by atoms with van der Waals surface area (Å²) < 4.78 is 49.9. The van der Waals surface area contributed by atoms with Crippen LogP contribution in [0.2, 0.25) is 0 Å². The largest absolute Gasteiger partial charge is 0.416 e. The van der Waals surface area contributed by atoms with Gasteiger partial charge in [-0.25, -0.2) is 4.98 Å². The van der Waals surface area contributed by atoms with E-state index >= 15 is 0 Å². The molecular weight excluding hydrogens is 276 g/mol. The Bertz CT molecular complexity index is 623. The van der Waals surface area contributed by atoms with Gasteiger partial charge in [-0.3, -0.25) is 4.79 Å². The maximum Gasteiger partial charge on any atom is 0.416 e. The molecule has 0 radical (unpaired) electrons. The molecule has 0 aliphatic carbocycles. The predicted octanol–water partition coefficient (Wildman–Crippen LogP) is 3.49. The molecule has 1 aromatic carbocycles. The number of aromatic nitrogens is 1. The summed E-state index contributed by atoms with van der Waals surface area (Å²) in [5.74, 6) is -1.45. The van der Waals surface area contributed by atoms with E-state index in [1.807, 2.05) is 0 Å². The highest BCUT2D eigenvalue weighted by Gasteiger charge is 2.29. The number of pyridine rings is 1. The topological polar surface area (TPSA) is 42.0 Å². The SMILES string of the molecule is O=C(Nc1ccc(C(F)(F)F)cc1)c1ccnc(F)c1. The molecule has 0 unspecified atom stereocenters. The number of nitrogens with zero attached hydrogens (tertiary/aromatic N) is 1. The van der Waals surface area contributed by atoms with E-state index in [1.54, 1.807) is 0 Å². The molecule has 7 heteroatoms. The fraction of sp³-hybridized carbons (Fsp3) is 0.0769. The molecule has 0 aliphatic heterocycles. The van der Waals surface area contributed by atoms with Gasteiger partial charge >= 0.3 is 6.18 Å². The first kappa shape index (κ1) is 14.0. The molecule has 2 rings (SSSR count). The number of amides is 1. The van der Waals surface area contributed by atoms with Gasteiger partial charge in [-0.05, 0) is 30.3 Å². The van der Waals surface area contributed by atoms with Crippen molar-refractivity contribution in [3.8, 4) is 0 Å². The van der Waals surface area contributed by atoms with Gasteiger partial charge in [-0.1, -0.05) is 0 Å². The number of carbonyl (C=O) groups excluding carboxylic acids is 1. The van der Waals surface area contributed by atoms with Gasteiger partial charge in [0, 0.05) is 23.5 Å². The molecule has 0 aliphatic rings. The lowest BCUT2D eigenvalue weighted by molar-refractivity contribution is -0.137. The second-order valence-electron chi connectivity index (χ2n) is 3.90. The van der Waals surface area contributed by atoms with Crippen LogP contribution in [0.1, 0.15) is 15.9 Å². The lowest BCUT2D eigenvalue weighted by Gasteiger charge is -2.08. The Balaban J connectivity index is 2.12. The number of rotatable bonds is 2. The molecule has 0 saturated carbocycles. The van der Waals surface area contributed by atoms with Crippen molar-refractivity contribution in [1.82, 2.24) is 4.98 Å². The Hall–Kier alpha value is -2.44. The summed E-state index contributed by atoms with van der Waals surface area (Å²) in [7, 11) is 0. The molecule has 0 spiro atoms. The van der Waals surface area contributed by atoms with Gasteiger partial charge in [0.1, 0.15) is 0 Å². The molecule has 104 valence electrons. The Kier molecular flexibility index (Phi) is 3.69. The van der Waals surface area contributed by atoms with E-state index in [0.29, 0.717) is 0 Å². The summed E-state index contributed by atoms with van der Waals surface area (Å²) in [4.78, 5) is 15.0. The van der Waals surface area contributed by atoms with E-state index in [1.165, 1.54) is 6.07 Å². The van der Waals surface area contributed by atoms with Crippen molar-refractivity contribution in [2.75, 3.05) is 5.32 Å². The van der Waals surface area contributed by atoms with Crippen molar-refractivity contribution in [3.05, 3.63) is 59.7 Å². The van der Waals surface area contributed by atoms with Crippen LogP contribution < -0.4 is 5.32 Å². The molecule has 1 heterocycles. The number of hydrogen-bond donors (Lipinski definition) is 1. The van der Waals surface area contributed by atoms with Crippen LogP contribution in [0.15, 0.2) is 42.6 Å². The first-order valence-electron chi connectivity index (χ1n) is 5.46. The van der Waals surface area contributed by atoms with E-state index in [4.69, 9.17) is 0 Å². The van der Waals surface area contributed by atoms with Crippen LogP contribution in [0.3, 0.4) is 0 Å². The highest BCUT2D eigenvalue weighted by molar-refractivity contribution is 6.04. The molecule has 0 fully saturated rings. The monoisotopic (exact) mass is 284 g/mol. The number of benzene rings is 1. The smallest absolute Gasteiger partial charge is 0.322 e. The molecule has 1 aromatic heterocycles. The van der Waals surface area contributed by atoms with Gasteiger partial charge in [0.25, 0.3) is 5.91 Å². The van der Waals surface area contributed by atoms with Crippen LogP contribution in [0.4, 0.5) is 23.2 Å². The van der Waals surface area contributed by atoms with Gasteiger partial charge in [0.05, 0.1) is 5.56 Å². The van der Waals surface area contributed by atoms with Gasteiger partial charge in [0.2, 0.25) is 5.95 Å². The second kappa shape index (κ2) is 5.28. The highest BCUT2D eigenvalue weighted by Crippen LogP contribution is 2.29. The van der Waals surface area contributed by atoms with E-state index in [2.05, 4.69) is 10.3 Å². The number of anilines is 1. The molecule has 0 atom stereocenters. The Labute approximate surface area is 111 Å². The van der Waals surface area contributed by atoms with E-state index in [9.17, 15) is 22.4 Å². The Morgan fingerprint density at radius 2 is 1.75 bits per heavy atom. The van der Waals surface area contributed by atoms with Crippen molar-refractivity contribution in [2.24, 2.45) is 0 Å². The first-order chi connectivity index (χ1) is 9.36. The van der Waals surface area contributed by atoms with Crippen LogP contribution in [0.25, 0.3) is 0 Å². The van der Waals surface area contributed by atoms with Gasteiger partial charge in [-0.15, -0.1) is 0 Å². The lowest BCUT2D eigenvalue weighted by Crippen LogP contribution is -2.12. The summed E-state index contributed by atoms with van der Waals surface area (Å²) >= 11 is 0. The van der Waals surface area contributed by atoms with E-state index in [-0.39, 0.29) is 11.3 Å². The number of alkyl halides is 3. The fourth-order valence-electron chi connectivity index (χ4n) is 1.49. The number of carbonyl (C=O) groups is 1. The third-order valence-corrected chi connectivity index (χ3v) is 2.46. The molecule has 20 heavy (non-hydrogen) atoms. The normalized spacial score (nSPS) is 11.2. The van der Waals surface area contributed by atoms with Crippen molar-refractivity contribution in [3.63, 3.8) is 0 Å². The molecule has 1 N–H and O–H groups in total. The fourth-order valence-corrected chi connectivity index (χ4v) is 1.49. The minimum atomic E-state index is -4.43. The minimum absolute atomic E-state index is 0.0254. The highest BCUT2D eigenvalue weighted by atomic mass is 19.4. The Morgan fingerprint density at radius 3 is 2.30 bits per heavy atom. The van der Waals surface area contributed by atoms with Gasteiger partial charge < -0.3 is 5.32 Å². The van der Waals surface area contributed by atoms with Crippen LogP contribution >= 0.6 is 0 Å². The van der Waals surface area contributed by atoms with Crippen molar-refractivity contribution < 1.29 is 22.4 Å². The van der Waals surface area contributed by atoms with Gasteiger partial charge in [0.15, 0.2) is 0 Å². The van der Waals surface area contributed by atoms with Crippen molar-refractivity contribution in [2.45, 2.75) is 6.18 Å². The summed E-state index contributed by atoms with van der Waals surface area (Å²) in [6, 6.07) is 6.17. The van der Waals surface area contributed by atoms with Crippen LogP contribution in [0.5, 0.6) is 0 Å². The third-order valence-electron chi connectivity index (χ3n) is 2.46. The quantitative estimate of drug-likeness (QED) is 0.677. The maximum absolute atomic E-state index is 12.8. The summed E-state index contributed by atoms with van der Waals surface area (Å²) in [5, 5.41) is 2.36. The third kappa shape index (κ3) is 3.31. The standard InChI is InChI=1S/C13H8F4N2O/c14-11-7-8(5-6-18-11)12(20)19-10-3-1-9(2-4-10)13(15,16)17/h1-7H,(H,19,20). The lowest BCUT2D eigenvalue weighted by atomic mass is 10.2. The van der Waals surface area contributed by atoms with Crippen LogP contribution in [-0.2, 0) is 6.18 Å². The van der Waals surface area contributed by atoms with Crippen molar-refractivity contribution in [1.29, 1.82) is 0 Å². The molecule has 1 amide bonds. The zero-order valence-corrected chi connectivity index (χ0v) is 9.91. The summed E-state index contributed by atoms with van der Waals surface area (Å²) in [6.45, 7) is 0. The van der Waals surface area contributed by atoms with Crippen molar-refractivity contribution >= 4 is 11.6 Å². The average molecular weight is 284 g/mol. The molecule has 0 bridgehead atoms. The minimum Gasteiger partial charge on any atom is -0.322 e. The zero-order valence-electron chi connectivity index (χ0n) is 9.91. The molecule has 0 saturated heterocycles. The first-order valence-corrected chi connectivity index (χ1v) is 5.46. The summed E-state index contributed by atoms with van der Waals surface area (Å²) in [5.41, 5.74) is -0.608. The van der Waals surface area contributed by atoms with Gasteiger partial charge in [-0.2, -0.15) is 17.6 Å². The zero-order chi connectivity index (χ0) is 14.8. The molecule has 2 aromatic rings. The second-order valence-corrected chi connectivity index (χ2v) is 3.90. The predicted molar refractivity (Wildman–Crippen MR) is 63.6 cm³/mol. The number of halogens is 4. The average Bonchev–Trinajstić information content (AvgIpc) is 2.38. The number of hydrogen-bond acceptors (Lipinski definition) is 2. The van der Waals surface area contributed by atoms with Crippen LogP contribution in [-0.4, -0.2) is 10.9 Å².